The first kappa shape index (κ1) is 15.3. The van der Waals surface area contributed by atoms with E-state index in [9.17, 15) is 9.90 Å². The van der Waals surface area contributed by atoms with Crippen molar-refractivity contribution in [2.75, 3.05) is 39.3 Å². The topological polar surface area (TPSA) is 55.8 Å². The first-order chi connectivity index (χ1) is 10.7. The third-order valence-corrected chi connectivity index (χ3v) is 4.68. The molecule has 0 bridgehead atoms. The van der Waals surface area contributed by atoms with Crippen LogP contribution in [0.25, 0.3) is 0 Å². The molecule has 0 aromatic heterocycles. The Hall–Kier alpha value is -1.59. The van der Waals surface area contributed by atoms with Crippen LogP contribution in [0.15, 0.2) is 24.3 Å². The Labute approximate surface area is 131 Å². The van der Waals surface area contributed by atoms with Crippen molar-refractivity contribution in [1.82, 2.24) is 15.1 Å². The minimum Gasteiger partial charge on any atom is -0.508 e. The van der Waals surface area contributed by atoms with Gasteiger partial charge in [0, 0.05) is 45.3 Å². The van der Waals surface area contributed by atoms with Gasteiger partial charge in [-0.3, -0.25) is 9.69 Å². The number of phenolic OH excluding ortho intramolecular Hbond substituents is 1. The number of benzene rings is 1. The molecule has 3 rings (SSSR count). The lowest BCUT2D eigenvalue weighted by Crippen LogP contribution is -2.55. The van der Waals surface area contributed by atoms with Crippen LogP contribution in [0.5, 0.6) is 5.75 Å². The van der Waals surface area contributed by atoms with E-state index in [1.165, 1.54) is 6.42 Å². The van der Waals surface area contributed by atoms with Crippen LogP contribution in [0, 0.1) is 0 Å². The van der Waals surface area contributed by atoms with Gasteiger partial charge in [0.05, 0.1) is 6.42 Å². The van der Waals surface area contributed by atoms with Crippen LogP contribution in [0.2, 0.25) is 0 Å². The Bertz CT molecular complexity index is 514. The monoisotopic (exact) mass is 303 g/mol. The average molecular weight is 303 g/mol. The fourth-order valence-electron chi connectivity index (χ4n) is 3.48. The minimum atomic E-state index is 0.172. The van der Waals surface area contributed by atoms with Gasteiger partial charge < -0.3 is 15.3 Å². The molecule has 5 nitrogen and oxygen atoms in total. The minimum absolute atomic E-state index is 0.172. The van der Waals surface area contributed by atoms with Crippen LogP contribution in [-0.2, 0) is 11.2 Å². The molecule has 1 aromatic rings. The molecule has 1 amide bonds. The molecule has 0 radical (unpaired) electrons. The lowest BCUT2D eigenvalue weighted by atomic mass is 10.0. The van der Waals surface area contributed by atoms with Crippen molar-refractivity contribution in [2.45, 2.75) is 25.3 Å². The molecule has 1 unspecified atom stereocenters. The molecule has 0 saturated carbocycles. The Kier molecular flexibility index (Phi) is 4.95. The summed E-state index contributed by atoms with van der Waals surface area (Å²) >= 11 is 0. The van der Waals surface area contributed by atoms with Gasteiger partial charge in [-0.05, 0) is 30.5 Å². The van der Waals surface area contributed by atoms with E-state index in [1.54, 1.807) is 18.2 Å². The third kappa shape index (κ3) is 3.78. The second kappa shape index (κ2) is 7.11. The lowest BCUT2D eigenvalue weighted by molar-refractivity contribution is -0.132. The van der Waals surface area contributed by atoms with Gasteiger partial charge in [-0.15, -0.1) is 0 Å². The smallest absolute Gasteiger partial charge is 0.227 e. The number of amides is 1. The number of aromatic hydroxyl groups is 1. The number of carbonyl (C=O) groups excluding carboxylic acids is 1. The fraction of sp³-hybridized carbons (Fsp3) is 0.588. The molecule has 2 aliphatic rings. The molecule has 120 valence electrons. The fourth-order valence-corrected chi connectivity index (χ4v) is 3.48. The van der Waals surface area contributed by atoms with Gasteiger partial charge in [0.25, 0.3) is 0 Å². The van der Waals surface area contributed by atoms with Gasteiger partial charge in [-0.25, -0.2) is 0 Å². The summed E-state index contributed by atoms with van der Waals surface area (Å²) < 4.78 is 0. The quantitative estimate of drug-likeness (QED) is 0.868. The normalized spacial score (nSPS) is 23.5. The number of nitrogens with one attached hydrogen (secondary N) is 1. The number of carbonyl (C=O) groups is 1. The Morgan fingerprint density at radius 2 is 2.09 bits per heavy atom. The van der Waals surface area contributed by atoms with Crippen molar-refractivity contribution >= 4 is 5.91 Å². The number of likely N-dealkylation sites (tertiary alicyclic amines) is 1. The molecular formula is C17H25N3O2. The molecule has 1 atom stereocenters. The number of hydrogen-bond donors (Lipinski definition) is 2. The van der Waals surface area contributed by atoms with E-state index in [0.717, 1.165) is 51.3 Å². The SMILES string of the molecule is O=C(Cc1cccc(O)c1)N1CCCC(N2CCNCC2)C1. The molecule has 2 fully saturated rings. The summed E-state index contributed by atoms with van der Waals surface area (Å²) in [6, 6.07) is 7.50. The summed E-state index contributed by atoms with van der Waals surface area (Å²) in [5.74, 6) is 0.396. The van der Waals surface area contributed by atoms with Gasteiger partial charge in [0.15, 0.2) is 0 Å². The number of piperidine rings is 1. The van der Waals surface area contributed by atoms with Gasteiger partial charge in [0.1, 0.15) is 5.75 Å². The van der Waals surface area contributed by atoms with Crippen molar-refractivity contribution in [3.05, 3.63) is 29.8 Å². The van der Waals surface area contributed by atoms with E-state index in [-0.39, 0.29) is 11.7 Å². The zero-order valence-electron chi connectivity index (χ0n) is 13.0. The molecule has 1 aromatic carbocycles. The van der Waals surface area contributed by atoms with Gasteiger partial charge in [0.2, 0.25) is 5.91 Å². The molecule has 2 aliphatic heterocycles. The second-order valence-electron chi connectivity index (χ2n) is 6.27. The van der Waals surface area contributed by atoms with E-state index >= 15 is 0 Å². The van der Waals surface area contributed by atoms with Crippen molar-refractivity contribution in [2.24, 2.45) is 0 Å². The Balaban J connectivity index is 1.57. The summed E-state index contributed by atoms with van der Waals surface area (Å²) in [5.41, 5.74) is 0.884. The average Bonchev–Trinajstić information content (AvgIpc) is 2.56. The zero-order valence-corrected chi connectivity index (χ0v) is 13.0. The van der Waals surface area contributed by atoms with Crippen molar-refractivity contribution in [3.63, 3.8) is 0 Å². The van der Waals surface area contributed by atoms with Crippen molar-refractivity contribution in [3.8, 4) is 5.75 Å². The highest BCUT2D eigenvalue weighted by atomic mass is 16.3. The molecule has 5 heteroatoms. The van der Waals surface area contributed by atoms with Crippen LogP contribution < -0.4 is 5.32 Å². The van der Waals surface area contributed by atoms with Crippen LogP contribution in [-0.4, -0.2) is 66.1 Å². The van der Waals surface area contributed by atoms with Crippen LogP contribution >= 0.6 is 0 Å². The molecule has 2 saturated heterocycles. The molecule has 22 heavy (non-hydrogen) atoms. The predicted molar refractivity (Wildman–Crippen MR) is 85.9 cm³/mol. The summed E-state index contributed by atoms with van der Waals surface area (Å²) in [5, 5.41) is 12.9. The van der Waals surface area contributed by atoms with E-state index in [1.807, 2.05) is 11.0 Å². The van der Waals surface area contributed by atoms with Gasteiger partial charge in [-0.2, -0.15) is 0 Å². The zero-order chi connectivity index (χ0) is 15.4. The Morgan fingerprint density at radius 3 is 2.86 bits per heavy atom. The molecule has 2 N–H and O–H groups in total. The standard InChI is InChI=1S/C17H25N3O2/c21-16-5-1-3-14(11-16)12-17(22)20-8-2-4-15(13-20)19-9-6-18-7-10-19/h1,3,5,11,15,18,21H,2,4,6-10,12-13H2. The Morgan fingerprint density at radius 1 is 1.27 bits per heavy atom. The van der Waals surface area contributed by atoms with E-state index < -0.39 is 0 Å². The number of nitrogens with zero attached hydrogens (tertiary/aromatic N) is 2. The predicted octanol–water partition coefficient (Wildman–Crippen LogP) is 0.831. The van der Waals surface area contributed by atoms with Crippen LogP contribution in [0.4, 0.5) is 0 Å². The van der Waals surface area contributed by atoms with Crippen molar-refractivity contribution < 1.29 is 9.90 Å². The largest absolute Gasteiger partial charge is 0.508 e. The summed E-state index contributed by atoms with van der Waals surface area (Å²) in [6.07, 6.45) is 2.65. The third-order valence-electron chi connectivity index (χ3n) is 4.68. The summed E-state index contributed by atoms with van der Waals surface area (Å²) in [7, 11) is 0. The molecular weight excluding hydrogens is 278 g/mol. The number of piperazine rings is 1. The summed E-state index contributed by atoms with van der Waals surface area (Å²) in [6.45, 7) is 5.97. The highest BCUT2D eigenvalue weighted by Crippen LogP contribution is 2.18. The highest BCUT2D eigenvalue weighted by molar-refractivity contribution is 5.79. The first-order valence-electron chi connectivity index (χ1n) is 8.23. The van der Waals surface area contributed by atoms with E-state index in [4.69, 9.17) is 0 Å². The molecule has 2 heterocycles. The van der Waals surface area contributed by atoms with Gasteiger partial charge in [-0.1, -0.05) is 12.1 Å². The second-order valence-corrected chi connectivity index (χ2v) is 6.27. The maximum Gasteiger partial charge on any atom is 0.227 e. The van der Waals surface area contributed by atoms with E-state index in [0.29, 0.717) is 12.5 Å². The molecule has 0 spiro atoms. The van der Waals surface area contributed by atoms with Crippen LogP contribution in [0.1, 0.15) is 18.4 Å². The first-order valence-corrected chi connectivity index (χ1v) is 8.23. The maximum atomic E-state index is 12.5. The number of rotatable bonds is 3. The number of hydrogen-bond acceptors (Lipinski definition) is 4. The van der Waals surface area contributed by atoms with Crippen LogP contribution in [0.3, 0.4) is 0 Å². The highest BCUT2D eigenvalue weighted by Gasteiger charge is 2.28. The lowest BCUT2D eigenvalue weighted by Gasteiger charge is -2.41. The van der Waals surface area contributed by atoms with E-state index in [2.05, 4.69) is 10.2 Å². The maximum absolute atomic E-state index is 12.5. The number of phenols is 1. The van der Waals surface area contributed by atoms with Crippen molar-refractivity contribution in [1.29, 1.82) is 0 Å². The summed E-state index contributed by atoms with van der Waals surface area (Å²) in [4.78, 5) is 17.0. The molecule has 0 aliphatic carbocycles. The van der Waals surface area contributed by atoms with Gasteiger partial charge >= 0.3 is 0 Å².